The van der Waals surface area contributed by atoms with E-state index in [1.54, 1.807) is 13.1 Å². The smallest absolute Gasteiger partial charge is 0.343 e. The third-order valence-corrected chi connectivity index (χ3v) is 3.25. The zero-order valence-electron chi connectivity index (χ0n) is 11.9. The van der Waals surface area contributed by atoms with Gasteiger partial charge in [-0.25, -0.2) is 9.59 Å². The molecule has 0 aliphatic heterocycles. The van der Waals surface area contributed by atoms with Gasteiger partial charge in [-0.05, 0) is 23.8 Å². The highest BCUT2D eigenvalue weighted by Gasteiger charge is 2.17. The van der Waals surface area contributed by atoms with Crippen LogP contribution in [0.15, 0.2) is 34.6 Å². The first-order valence-electron chi connectivity index (χ1n) is 6.22. The molecule has 1 heterocycles. The number of rotatable bonds is 4. The molecule has 0 amide bonds. The molecular formula is C15H13NO6. The van der Waals surface area contributed by atoms with Crippen LogP contribution in [0.5, 0.6) is 5.75 Å². The lowest BCUT2D eigenvalue weighted by molar-refractivity contribution is -0.139. The maximum atomic E-state index is 11.8. The molecule has 22 heavy (non-hydrogen) atoms. The van der Waals surface area contributed by atoms with E-state index in [2.05, 4.69) is 0 Å². The summed E-state index contributed by atoms with van der Waals surface area (Å²) >= 11 is 0. The Bertz CT molecular complexity index is 846. The summed E-state index contributed by atoms with van der Waals surface area (Å²) in [5.74, 6) is -2.65. The molecule has 114 valence electrons. The third-order valence-electron chi connectivity index (χ3n) is 3.25. The molecule has 2 aromatic rings. The van der Waals surface area contributed by atoms with Gasteiger partial charge in [-0.2, -0.15) is 0 Å². The van der Waals surface area contributed by atoms with Crippen molar-refractivity contribution in [2.24, 2.45) is 7.05 Å². The number of nitrogens with zero attached hydrogens (tertiary/aromatic N) is 1. The van der Waals surface area contributed by atoms with E-state index in [0.29, 0.717) is 22.2 Å². The van der Waals surface area contributed by atoms with E-state index in [-0.39, 0.29) is 5.56 Å². The number of pyridine rings is 1. The Hall–Kier alpha value is -3.09. The highest BCUT2D eigenvalue weighted by Crippen LogP contribution is 2.28. The predicted molar refractivity (Wildman–Crippen MR) is 79.0 cm³/mol. The molecule has 0 atom stereocenters. The molecule has 7 heteroatoms. The van der Waals surface area contributed by atoms with E-state index < -0.39 is 17.5 Å². The van der Waals surface area contributed by atoms with Crippen LogP contribution in [0, 0.1) is 0 Å². The fourth-order valence-electron chi connectivity index (χ4n) is 2.16. The maximum Gasteiger partial charge on any atom is 0.343 e. The van der Waals surface area contributed by atoms with Crippen molar-refractivity contribution in [2.45, 2.75) is 0 Å². The average molecular weight is 303 g/mol. The molecule has 0 radical (unpaired) electrons. The van der Waals surface area contributed by atoms with Crippen LogP contribution in [-0.2, 0) is 16.6 Å². The number of aromatic nitrogens is 1. The lowest BCUT2D eigenvalue weighted by Crippen LogP contribution is -2.16. The lowest BCUT2D eigenvalue weighted by atomic mass is 10.0. The van der Waals surface area contributed by atoms with E-state index >= 15 is 0 Å². The Balaban J connectivity index is 2.85. The van der Waals surface area contributed by atoms with E-state index in [1.807, 2.05) is 0 Å². The standard InChI is InChI=1S/C15H13NO6/c1-16-12(17)6-4-9-8(3-5-11(22-2)13(9)16)7-10(14(18)19)15(20)21/h3-7H,1-2H3,(H,18,19)(H,20,21). The van der Waals surface area contributed by atoms with E-state index in [1.165, 1.54) is 29.9 Å². The first kappa shape index (κ1) is 15.3. The number of carboxylic acid groups (broad SMARTS) is 2. The van der Waals surface area contributed by atoms with Crippen molar-refractivity contribution in [1.29, 1.82) is 0 Å². The summed E-state index contributed by atoms with van der Waals surface area (Å²) in [5.41, 5.74) is -0.200. The molecule has 1 aromatic carbocycles. The van der Waals surface area contributed by atoms with Gasteiger partial charge in [0.2, 0.25) is 0 Å². The van der Waals surface area contributed by atoms with Crippen LogP contribution < -0.4 is 10.3 Å². The van der Waals surface area contributed by atoms with Crippen LogP contribution in [0.25, 0.3) is 17.0 Å². The van der Waals surface area contributed by atoms with E-state index in [0.717, 1.165) is 6.08 Å². The summed E-state index contributed by atoms with van der Waals surface area (Å²) in [4.78, 5) is 33.7. The summed E-state index contributed by atoms with van der Waals surface area (Å²) < 4.78 is 6.56. The number of hydrogen-bond donors (Lipinski definition) is 2. The number of fused-ring (bicyclic) bond motifs is 1. The highest BCUT2D eigenvalue weighted by atomic mass is 16.5. The Labute approximate surface area is 124 Å². The first-order valence-corrected chi connectivity index (χ1v) is 6.22. The molecule has 0 bridgehead atoms. The van der Waals surface area contributed by atoms with Gasteiger partial charge in [0.05, 0.1) is 12.6 Å². The Kier molecular flexibility index (Phi) is 3.98. The van der Waals surface area contributed by atoms with Crippen LogP contribution in [0.1, 0.15) is 5.56 Å². The molecule has 0 saturated heterocycles. The largest absolute Gasteiger partial charge is 0.495 e. The maximum absolute atomic E-state index is 11.8. The number of benzene rings is 1. The molecule has 2 N–H and O–H groups in total. The minimum absolute atomic E-state index is 0.261. The van der Waals surface area contributed by atoms with E-state index in [9.17, 15) is 14.4 Å². The van der Waals surface area contributed by atoms with Crippen molar-refractivity contribution in [1.82, 2.24) is 4.57 Å². The van der Waals surface area contributed by atoms with Crippen molar-refractivity contribution in [3.63, 3.8) is 0 Å². The number of methoxy groups -OCH3 is 1. The van der Waals surface area contributed by atoms with Gasteiger partial charge in [0.15, 0.2) is 0 Å². The fraction of sp³-hybridized carbons (Fsp3) is 0.133. The number of carbonyl (C=O) groups is 2. The summed E-state index contributed by atoms with van der Waals surface area (Å²) in [5, 5.41) is 18.4. The molecule has 0 aliphatic rings. The number of ether oxygens (including phenoxy) is 1. The van der Waals surface area contributed by atoms with Crippen molar-refractivity contribution >= 4 is 28.9 Å². The molecule has 0 fully saturated rings. The normalized spacial score (nSPS) is 10.3. The molecule has 0 saturated carbocycles. The number of carboxylic acids is 2. The van der Waals surface area contributed by atoms with Crippen molar-refractivity contribution in [2.75, 3.05) is 7.11 Å². The zero-order chi connectivity index (χ0) is 16.4. The predicted octanol–water partition coefficient (Wildman–Crippen LogP) is 1.10. The molecular weight excluding hydrogens is 290 g/mol. The second-order valence-corrected chi connectivity index (χ2v) is 4.52. The monoisotopic (exact) mass is 303 g/mol. The van der Waals surface area contributed by atoms with Gasteiger partial charge >= 0.3 is 11.9 Å². The molecule has 0 aliphatic carbocycles. The molecule has 2 rings (SSSR count). The Morgan fingerprint density at radius 2 is 1.77 bits per heavy atom. The topological polar surface area (TPSA) is 106 Å². The number of hydrogen-bond acceptors (Lipinski definition) is 4. The highest BCUT2D eigenvalue weighted by molar-refractivity contribution is 6.17. The van der Waals surface area contributed by atoms with Crippen LogP contribution in [0.3, 0.4) is 0 Å². The lowest BCUT2D eigenvalue weighted by Gasteiger charge is -2.11. The fourth-order valence-corrected chi connectivity index (χ4v) is 2.16. The quantitative estimate of drug-likeness (QED) is 0.498. The average Bonchev–Trinajstić information content (AvgIpc) is 2.47. The van der Waals surface area contributed by atoms with Gasteiger partial charge in [0.1, 0.15) is 11.3 Å². The van der Waals surface area contributed by atoms with Crippen LogP contribution in [0.4, 0.5) is 0 Å². The molecule has 7 nitrogen and oxygen atoms in total. The zero-order valence-corrected chi connectivity index (χ0v) is 11.9. The van der Waals surface area contributed by atoms with Crippen LogP contribution >= 0.6 is 0 Å². The molecule has 0 unspecified atom stereocenters. The summed E-state index contributed by atoms with van der Waals surface area (Å²) in [6, 6.07) is 5.92. The summed E-state index contributed by atoms with van der Waals surface area (Å²) in [7, 11) is 3.00. The SMILES string of the molecule is COc1ccc(C=C(C(=O)O)C(=O)O)c2ccc(=O)n(C)c12. The van der Waals surface area contributed by atoms with Crippen LogP contribution in [0.2, 0.25) is 0 Å². The number of aryl methyl sites for hydroxylation is 1. The minimum Gasteiger partial charge on any atom is -0.495 e. The van der Waals surface area contributed by atoms with E-state index in [4.69, 9.17) is 14.9 Å². The van der Waals surface area contributed by atoms with Crippen molar-refractivity contribution in [3.05, 3.63) is 45.8 Å². The second-order valence-electron chi connectivity index (χ2n) is 4.52. The van der Waals surface area contributed by atoms with Crippen molar-refractivity contribution < 1.29 is 24.5 Å². The second kappa shape index (κ2) is 5.72. The van der Waals surface area contributed by atoms with Gasteiger partial charge < -0.3 is 19.5 Å². The van der Waals surface area contributed by atoms with Gasteiger partial charge in [-0.15, -0.1) is 0 Å². The summed E-state index contributed by atoms with van der Waals surface area (Å²) in [6.45, 7) is 0. The first-order chi connectivity index (χ1) is 10.4. The van der Waals surface area contributed by atoms with Gasteiger partial charge in [0.25, 0.3) is 5.56 Å². The minimum atomic E-state index is -1.54. The Morgan fingerprint density at radius 3 is 2.32 bits per heavy atom. The molecule has 1 aromatic heterocycles. The third kappa shape index (κ3) is 2.56. The van der Waals surface area contributed by atoms with Gasteiger partial charge in [0, 0.05) is 18.5 Å². The molecule has 0 spiro atoms. The Morgan fingerprint density at radius 1 is 1.14 bits per heavy atom. The van der Waals surface area contributed by atoms with Crippen molar-refractivity contribution in [3.8, 4) is 5.75 Å². The summed E-state index contributed by atoms with van der Waals surface area (Å²) in [6.07, 6.45) is 1.05. The van der Waals surface area contributed by atoms with Gasteiger partial charge in [-0.1, -0.05) is 6.07 Å². The van der Waals surface area contributed by atoms with Crippen LogP contribution in [-0.4, -0.2) is 33.8 Å². The van der Waals surface area contributed by atoms with Gasteiger partial charge in [-0.3, -0.25) is 4.79 Å². The number of aliphatic carboxylic acids is 2.